The van der Waals surface area contributed by atoms with Crippen LogP contribution in [0.1, 0.15) is 35.3 Å². The van der Waals surface area contributed by atoms with Gasteiger partial charge in [0.05, 0.1) is 0 Å². The number of amidine groups is 1. The largest absolute Gasteiger partial charge is 0.383 e. The van der Waals surface area contributed by atoms with Gasteiger partial charge in [0.25, 0.3) is 5.91 Å². The van der Waals surface area contributed by atoms with Crippen molar-refractivity contribution < 1.29 is 4.79 Å². The van der Waals surface area contributed by atoms with Crippen LogP contribution in [0.4, 0.5) is 11.4 Å². The number of rotatable bonds is 6. The molecule has 3 rings (SSSR count). The summed E-state index contributed by atoms with van der Waals surface area (Å²) in [7, 11) is 1.73. The monoisotopic (exact) mass is 458 g/mol. The van der Waals surface area contributed by atoms with E-state index in [9.17, 15) is 4.79 Å². The molecule has 9 heteroatoms. The minimum absolute atomic E-state index is 0.237. The molecule has 176 valence electrons. The van der Waals surface area contributed by atoms with Crippen molar-refractivity contribution in [2.24, 2.45) is 26.4 Å². The fourth-order valence-corrected chi connectivity index (χ4v) is 3.28. The van der Waals surface area contributed by atoms with Crippen molar-refractivity contribution in [1.82, 2.24) is 5.32 Å². The van der Waals surface area contributed by atoms with Crippen molar-refractivity contribution in [3.8, 4) is 0 Å². The predicted octanol–water partition coefficient (Wildman–Crippen LogP) is 3.23. The lowest BCUT2D eigenvalue weighted by Crippen LogP contribution is -2.33. The highest BCUT2D eigenvalue weighted by atomic mass is 16.1. The van der Waals surface area contributed by atoms with Crippen LogP contribution in [0.3, 0.4) is 0 Å². The van der Waals surface area contributed by atoms with Gasteiger partial charge in [0, 0.05) is 35.7 Å². The summed E-state index contributed by atoms with van der Waals surface area (Å²) in [5.74, 6) is 0.568. The lowest BCUT2D eigenvalue weighted by molar-refractivity contribution is 0.102. The molecule has 0 bridgehead atoms. The van der Waals surface area contributed by atoms with E-state index in [4.69, 9.17) is 11.5 Å². The van der Waals surface area contributed by atoms with E-state index >= 15 is 0 Å². The minimum atomic E-state index is -0.546. The zero-order chi connectivity index (χ0) is 24.9. The highest BCUT2D eigenvalue weighted by Gasteiger charge is 2.20. The van der Waals surface area contributed by atoms with Crippen LogP contribution in [0.15, 0.2) is 81.7 Å². The zero-order valence-electron chi connectivity index (χ0n) is 19.8. The van der Waals surface area contributed by atoms with E-state index in [1.54, 1.807) is 25.2 Å². The third-order valence-corrected chi connectivity index (χ3v) is 5.17. The van der Waals surface area contributed by atoms with E-state index in [1.807, 2.05) is 45.0 Å². The Labute approximate surface area is 199 Å². The fraction of sp³-hybridized carbons (Fsp3) is 0.200. The van der Waals surface area contributed by atoms with E-state index in [2.05, 4.69) is 37.5 Å². The molecule has 0 radical (unpaired) electrons. The van der Waals surface area contributed by atoms with E-state index < -0.39 is 5.54 Å². The van der Waals surface area contributed by atoms with Gasteiger partial charge in [-0.3, -0.25) is 9.79 Å². The van der Waals surface area contributed by atoms with Crippen molar-refractivity contribution in [2.45, 2.75) is 26.3 Å². The molecule has 1 aliphatic heterocycles. The molecule has 0 aromatic heterocycles. The number of aryl methyl sites for hydroxylation is 1. The van der Waals surface area contributed by atoms with E-state index in [-0.39, 0.29) is 11.7 Å². The number of amides is 1. The van der Waals surface area contributed by atoms with Crippen molar-refractivity contribution in [1.29, 1.82) is 0 Å². The van der Waals surface area contributed by atoms with Gasteiger partial charge in [0.15, 0.2) is 5.84 Å². The molecule has 2 aromatic rings. The number of anilines is 2. The fourth-order valence-electron chi connectivity index (χ4n) is 3.28. The maximum absolute atomic E-state index is 12.9. The Balaban J connectivity index is 1.86. The maximum Gasteiger partial charge on any atom is 0.255 e. The molecular formula is C25H30N8O. The molecule has 1 heterocycles. The number of carbonyl (C=O) groups is 1. The van der Waals surface area contributed by atoms with Crippen LogP contribution < -0.4 is 27.4 Å². The minimum Gasteiger partial charge on any atom is -0.383 e. The quantitative estimate of drug-likeness (QED) is 0.452. The molecule has 0 unspecified atom stereocenters. The number of benzene rings is 2. The van der Waals surface area contributed by atoms with E-state index in [0.717, 1.165) is 11.1 Å². The third kappa shape index (κ3) is 5.57. The number of nitrogens with two attached hydrogens (primary N) is 2. The molecular weight excluding hydrogens is 428 g/mol. The highest BCUT2D eigenvalue weighted by Crippen LogP contribution is 2.24. The molecule has 0 fully saturated rings. The van der Waals surface area contributed by atoms with Gasteiger partial charge in [-0.2, -0.15) is 0 Å². The average Bonchev–Trinajstić information content (AvgIpc) is 2.81. The molecule has 1 aliphatic rings. The summed E-state index contributed by atoms with van der Waals surface area (Å²) in [6.45, 7) is 9.37. The first-order valence-corrected chi connectivity index (χ1v) is 10.7. The molecule has 7 N–H and O–H groups in total. The summed E-state index contributed by atoms with van der Waals surface area (Å²) in [6.07, 6.45) is 2.80. The Morgan fingerprint density at radius 2 is 1.94 bits per heavy atom. The van der Waals surface area contributed by atoms with Crippen LogP contribution in [0, 0.1) is 6.92 Å². The van der Waals surface area contributed by atoms with Crippen LogP contribution >= 0.6 is 0 Å². The Bertz CT molecular complexity index is 1230. The van der Waals surface area contributed by atoms with Gasteiger partial charge in [-0.25, -0.2) is 9.98 Å². The van der Waals surface area contributed by atoms with Crippen molar-refractivity contribution in [3.05, 3.63) is 83.5 Å². The van der Waals surface area contributed by atoms with Gasteiger partial charge in [0.2, 0.25) is 0 Å². The molecule has 2 aromatic carbocycles. The maximum atomic E-state index is 12.9. The Hall–Kier alpha value is -4.24. The first kappa shape index (κ1) is 24.4. The summed E-state index contributed by atoms with van der Waals surface area (Å²) in [4.78, 5) is 25.6. The summed E-state index contributed by atoms with van der Waals surface area (Å²) < 4.78 is 0. The summed E-state index contributed by atoms with van der Waals surface area (Å²) in [5, 5.41) is 9.07. The second-order valence-corrected chi connectivity index (χ2v) is 8.31. The Morgan fingerprint density at radius 3 is 2.62 bits per heavy atom. The van der Waals surface area contributed by atoms with Gasteiger partial charge in [-0.15, -0.1) is 0 Å². The average molecular weight is 459 g/mol. The molecule has 0 spiro atoms. The third-order valence-electron chi connectivity index (χ3n) is 5.17. The standard InChI is InChI=1S/C25H30N8O/c1-6-29-21-20(30-14-31-23(21)28-5)22(26)33-19-13-18(11-10-15(19)2)32-24(34)16-8-7-9-17(12-16)25(3,4)27/h6-14,33H,1,26-27H2,2-5H3,(H,32,34)(H,28,30,31)/b22-20-,29-21+. The highest BCUT2D eigenvalue weighted by molar-refractivity contribution is 6.49. The first-order valence-electron chi connectivity index (χ1n) is 10.7. The number of nitrogens with one attached hydrogen (secondary N) is 3. The predicted molar refractivity (Wildman–Crippen MR) is 140 cm³/mol. The Morgan fingerprint density at radius 1 is 1.18 bits per heavy atom. The first-order chi connectivity index (χ1) is 16.1. The van der Waals surface area contributed by atoms with Gasteiger partial charge >= 0.3 is 0 Å². The van der Waals surface area contributed by atoms with E-state index in [1.165, 1.54) is 12.5 Å². The summed E-state index contributed by atoms with van der Waals surface area (Å²) >= 11 is 0. The second-order valence-electron chi connectivity index (χ2n) is 8.31. The van der Waals surface area contributed by atoms with Crippen LogP contribution in [0.5, 0.6) is 0 Å². The molecule has 0 aliphatic carbocycles. The lowest BCUT2D eigenvalue weighted by atomic mass is 9.94. The van der Waals surface area contributed by atoms with Crippen LogP contribution in [0.25, 0.3) is 0 Å². The molecule has 1 amide bonds. The van der Waals surface area contributed by atoms with Crippen molar-refractivity contribution in [3.63, 3.8) is 0 Å². The number of nitrogens with zero attached hydrogens (tertiary/aromatic N) is 3. The van der Waals surface area contributed by atoms with Gasteiger partial charge in [-0.05, 0) is 56.2 Å². The van der Waals surface area contributed by atoms with Gasteiger partial charge < -0.3 is 27.4 Å². The van der Waals surface area contributed by atoms with Crippen LogP contribution in [-0.4, -0.2) is 30.8 Å². The summed E-state index contributed by atoms with van der Waals surface area (Å²) in [5.41, 5.74) is 16.5. The van der Waals surface area contributed by atoms with Gasteiger partial charge in [-0.1, -0.05) is 24.8 Å². The SMILES string of the molecule is C=C/N=C1/C(NC)=NC=N/C1=C(/N)Nc1cc(NC(=O)c2cccc(C(C)(C)N)c2)ccc1C. The van der Waals surface area contributed by atoms with Gasteiger partial charge in [0.1, 0.15) is 23.6 Å². The molecule has 0 saturated heterocycles. The number of hydrogen-bond donors (Lipinski definition) is 5. The normalized spacial score (nSPS) is 16.0. The zero-order valence-corrected chi connectivity index (χ0v) is 19.8. The summed E-state index contributed by atoms with van der Waals surface area (Å²) in [6, 6.07) is 12.8. The smallest absolute Gasteiger partial charge is 0.255 e. The molecule has 9 nitrogen and oxygen atoms in total. The number of carbonyl (C=O) groups excluding carboxylic acids is 1. The van der Waals surface area contributed by atoms with Crippen molar-refractivity contribution >= 4 is 35.2 Å². The topological polar surface area (TPSA) is 142 Å². The van der Waals surface area contributed by atoms with Crippen LogP contribution in [-0.2, 0) is 5.54 Å². The number of aliphatic imine (C=N–C) groups is 3. The van der Waals surface area contributed by atoms with E-state index in [0.29, 0.717) is 34.2 Å². The lowest BCUT2D eigenvalue weighted by Gasteiger charge is -2.20. The van der Waals surface area contributed by atoms with Crippen molar-refractivity contribution in [2.75, 3.05) is 17.7 Å². The Kier molecular flexibility index (Phi) is 7.28. The second kappa shape index (κ2) is 10.1. The molecule has 0 saturated carbocycles. The van der Waals surface area contributed by atoms with Crippen LogP contribution in [0.2, 0.25) is 0 Å². The number of hydrogen-bond acceptors (Lipinski definition) is 8. The molecule has 0 atom stereocenters. The molecule has 34 heavy (non-hydrogen) atoms.